The van der Waals surface area contributed by atoms with E-state index in [1.165, 1.54) is 0 Å². The highest BCUT2D eigenvalue weighted by Gasteiger charge is 2.27. The van der Waals surface area contributed by atoms with Crippen LogP contribution in [0, 0.1) is 0 Å². The van der Waals surface area contributed by atoms with Crippen LogP contribution in [0.15, 0.2) is 29.3 Å². The van der Waals surface area contributed by atoms with Crippen molar-refractivity contribution in [2.75, 3.05) is 6.61 Å². The van der Waals surface area contributed by atoms with Gasteiger partial charge in [-0.1, -0.05) is 18.2 Å². The largest absolute Gasteiger partial charge is 0.475 e. The minimum atomic E-state index is -0.0811. The van der Waals surface area contributed by atoms with Gasteiger partial charge in [0.1, 0.15) is 6.61 Å². The minimum Gasteiger partial charge on any atom is -0.475 e. The molecular formula is C11H14NOP. The summed E-state index contributed by atoms with van der Waals surface area (Å²) >= 11 is 0. The minimum absolute atomic E-state index is 0.0811. The first-order valence-electron chi connectivity index (χ1n) is 4.66. The Balaban J connectivity index is 2.38. The number of nitrogens with zero attached hydrogens (tertiary/aromatic N) is 1. The zero-order valence-electron chi connectivity index (χ0n) is 8.45. The van der Waals surface area contributed by atoms with Crippen LogP contribution in [-0.4, -0.2) is 18.0 Å². The lowest BCUT2D eigenvalue weighted by Crippen LogP contribution is -2.17. The molecule has 0 aliphatic carbocycles. The smallest absolute Gasteiger partial charge is 0.217 e. The molecule has 1 unspecified atom stereocenters. The van der Waals surface area contributed by atoms with Crippen molar-refractivity contribution in [1.29, 1.82) is 0 Å². The first-order valence-corrected chi connectivity index (χ1v) is 5.24. The normalized spacial score (nSPS) is 18.9. The zero-order chi connectivity index (χ0) is 10.2. The standard InChI is InChI=1S/C11H14NOP/c1-11(2)7-13-10(12-11)8-5-3-4-6-9(8)14/h3-6H,7,14H2,1-2H3. The Kier molecular flexibility index (Phi) is 2.32. The van der Waals surface area contributed by atoms with E-state index >= 15 is 0 Å². The number of hydrogen-bond acceptors (Lipinski definition) is 2. The van der Waals surface area contributed by atoms with Gasteiger partial charge in [0, 0.05) is 5.56 Å². The van der Waals surface area contributed by atoms with Crippen LogP contribution in [0.5, 0.6) is 0 Å². The molecule has 0 saturated carbocycles. The highest BCUT2D eigenvalue weighted by molar-refractivity contribution is 7.27. The van der Waals surface area contributed by atoms with E-state index in [4.69, 9.17) is 4.74 Å². The molecule has 0 bridgehead atoms. The van der Waals surface area contributed by atoms with Gasteiger partial charge < -0.3 is 4.74 Å². The Morgan fingerprint density at radius 1 is 1.36 bits per heavy atom. The summed E-state index contributed by atoms with van der Waals surface area (Å²) in [5, 5.41) is 1.13. The molecule has 0 radical (unpaired) electrons. The van der Waals surface area contributed by atoms with E-state index < -0.39 is 0 Å². The zero-order valence-corrected chi connectivity index (χ0v) is 9.60. The molecule has 2 nitrogen and oxygen atoms in total. The lowest BCUT2D eigenvalue weighted by molar-refractivity contribution is 0.279. The molecule has 0 N–H and O–H groups in total. The SMILES string of the molecule is CC1(C)COC(c2ccccc2P)=N1. The van der Waals surface area contributed by atoms with Gasteiger partial charge in [-0.3, -0.25) is 0 Å². The molecule has 1 aliphatic heterocycles. The Labute approximate surface area is 86.6 Å². The molecule has 14 heavy (non-hydrogen) atoms. The fraction of sp³-hybridized carbons (Fsp3) is 0.364. The molecule has 2 rings (SSSR count). The van der Waals surface area contributed by atoms with Gasteiger partial charge in [0.05, 0.1) is 5.54 Å². The maximum atomic E-state index is 5.57. The van der Waals surface area contributed by atoms with Crippen LogP contribution >= 0.6 is 9.24 Å². The fourth-order valence-corrected chi connectivity index (χ4v) is 1.74. The predicted octanol–water partition coefficient (Wildman–Crippen LogP) is 1.74. The molecular weight excluding hydrogens is 193 g/mol. The fourth-order valence-electron chi connectivity index (χ4n) is 1.41. The van der Waals surface area contributed by atoms with Gasteiger partial charge in [-0.25, -0.2) is 4.99 Å². The van der Waals surface area contributed by atoms with E-state index in [-0.39, 0.29) is 5.54 Å². The van der Waals surface area contributed by atoms with Crippen LogP contribution in [0.3, 0.4) is 0 Å². The molecule has 0 fully saturated rings. The molecule has 0 aromatic heterocycles. The molecule has 0 amide bonds. The summed E-state index contributed by atoms with van der Waals surface area (Å²) in [6, 6.07) is 8.08. The molecule has 1 heterocycles. The first-order chi connectivity index (χ1) is 6.58. The summed E-state index contributed by atoms with van der Waals surface area (Å²) < 4.78 is 5.57. The second-order valence-corrected chi connectivity index (χ2v) is 4.73. The Morgan fingerprint density at radius 3 is 2.64 bits per heavy atom. The van der Waals surface area contributed by atoms with Crippen molar-refractivity contribution in [3.8, 4) is 0 Å². The highest BCUT2D eigenvalue weighted by atomic mass is 31.0. The number of benzene rings is 1. The van der Waals surface area contributed by atoms with Crippen LogP contribution in [0.4, 0.5) is 0 Å². The average Bonchev–Trinajstić information content (AvgIpc) is 2.47. The molecule has 1 atom stereocenters. The number of aliphatic imine (C=N–C) groups is 1. The van der Waals surface area contributed by atoms with Gasteiger partial charge in [0.15, 0.2) is 0 Å². The van der Waals surface area contributed by atoms with Gasteiger partial charge in [-0.2, -0.15) is 0 Å². The summed E-state index contributed by atoms with van der Waals surface area (Å²) in [6.07, 6.45) is 0. The van der Waals surface area contributed by atoms with Gasteiger partial charge >= 0.3 is 0 Å². The van der Waals surface area contributed by atoms with Crippen LogP contribution in [0.1, 0.15) is 19.4 Å². The number of ether oxygens (including phenoxy) is 1. The first kappa shape index (κ1) is 9.67. The molecule has 1 aliphatic rings. The summed E-state index contributed by atoms with van der Waals surface area (Å²) in [5.41, 5.74) is 0.991. The van der Waals surface area contributed by atoms with Gasteiger partial charge in [-0.05, 0) is 25.2 Å². The van der Waals surface area contributed by atoms with Crippen molar-refractivity contribution in [3.05, 3.63) is 29.8 Å². The molecule has 74 valence electrons. The van der Waals surface area contributed by atoms with Gasteiger partial charge in [0.25, 0.3) is 0 Å². The Morgan fingerprint density at radius 2 is 2.07 bits per heavy atom. The molecule has 1 aromatic carbocycles. The van der Waals surface area contributed by atoms with Crippen LogP contribution < -0.4 is 5.30 Å². The van der Waals surface area contributed by atoms with Gasteiger partial charge in [-0.15, -0.1) is 9.24 Å². The van der Waals surface area contributed by atoms with Crippen molar-refractivity contribution in [2.24, 2.45) is 4.99 Å². The van der Waals surface area contributed by atoms with Crippen molar-refractivity contribution >= 4 is 20.4 Å². The van der Waals surface area contributed by atoms with Crippen molar-refractivity contribution < 1.29 is 4.74 Å². The lowest BCUT2D eigenvalue weighted by atomic mass is 10.1. The maximum Gasteiger partial charge on any atom is 0.217 e. The van der Waals surface area contributed by atoms with Crippen LogP contribution in [-0.2, 0) is 4.74 Å². The van der Waals surface area contributed by atoms with Crippen molar-refractivity contribution in [1.82, 2.24) is 0 Å². The average molecular weight is 207 g/mol. The lowest BCUT2D eigenvalue weighted by Gasteiger charge is -2.07. The highest BCUT2D eigenvalue weighted by Crippen LogP contribution is 2.20. The molecule has 0 saturated heterocycles. The third-order valence-electron chi connectivity index (χ3n) is 2.16. The summed E-state index contributed by atoms with van der Waals surface area (Å²) in [7, 11) is 2.70. The van der Waals surface area contributed by atoms with E-state index in [0.717, 1.165) is 16.8 Å². The summed E-state index contributed by atoms with van der Waals surface area (Å²) in [5.74, 6) is 0.764. The van der Waals surface area contributed by atoms with E-state index in [2.05, 4.69) is 28.1 Å². The van der Waals surface area contributed by atoms with E-state index in [9.17, 15) is 0 Å². The third-order valence-corrected chi connectivity index (χ3v) is 2.66. The molecule has 0 spiro atoms. The summed E-state index contributed by atoms with van der Waals surface area (Å²) in [6.45, 7) is 4.82. The van der Waals surface area contributed by atoms with Crippen LogP contribution in [0.2, 0.25) is 0 Å². The van der Waals surface area contributed by atoms with Crippen molar-refractivity contribution in [2.45, 2.75) is 19.4 Å². The quantitative estimate of drug-likeness (QED) is 0.643. The van der Waals surface area contributed by atoms with Crippen molar-refractivity contribution in [3.63, 3.8) is 0 Å². The van der Waals surface area contributed by atoms with Gasteiger partial charge in [0.2, 0.25) is 5.90 Å². The number of rotatable bonds is 1. The molecule has 1 aromatic rings. The second kappa shape index (κ2) is 3.36. The van der Waals surface area contributed by atoms with Crippen LogP contribution in [0.25, 0.3) is 0 Å². The summed E-state index contributed by atoms with van der Waals surface area (Å²) in [4.78, 5) is 4.53. The second-order valence-electron chi connectivity index (χ2n) is 4.11. The Hall–Kier alpha value is -0.880. The third kappa shape index (κ3) is 1.80. The topological polar surface area (TPSA) is 21.6 Å². The number of hydrogen-bond donors (Lipinski definition) is 0. The predicted molar refractivity (Wildman–Crippen MR) is 62.4 cm³/mol. The Bertz CT molecular complexity index is 385. The molecule has 3 heteroatoms. The van der Waals surface area contributed by atoms with E-state index in [0.29, 0.717) is 6.61 Å². The maximum absolute atomic E-state index is 5.57. The monoisotopic (exact) mass is 207 g/mol. The van der Waals surface area contributed by atoms with E-state index in [1.54, 1.807) is 0 Å². The van der Waals surface area contributed by atoms with E-state index in [1.807, 2.05) is 24.3 Å².